The van der Waals surface area contributed by atoms with Crippen LogP contribution in [0.5, 0.6) is 0 Å². The molecule has 0 amide bonds. The van der Waals surface area contributed by atoms with Gasteiger partial charge in [-0.2, -0.15) is 10.2 Å². The van der Waals surface area contributed by atoms with E-state index in [4.69, 9.17) is 11.6 Å². The third-order valence-electron chi connectivity index (χ3n) is 2.60. The first-order valence-corrected chi connectivity index (χ1v) is 5.81. The van der Waals surface area contributed by atoms with Crippen LogP contribution in [0.3, 0.4) is 0 Å². The number of rotatable bonds is 2. The lowest BCUT2D eigenvalue weighted by molar-refractivity contribution is 0.885. The zero-order valence-electron chi connectivity index (χ0n) is 9.36. The molecule has 0 fully saturated rings. The number of benzene rings is 1. The number of hydrogen-bond acceptors (Lipinski definition) is 3. The minimum atomic E-state index is 0.371. The van der Waals surface area contributed by atoms with Crippen LogP contribution in [0.15, 0.2) is 54.9 Å². The van der Waals surface area contributed by atoms with E-state index >= 15 is 0 Å². The van der Waals surface area contributed by atoms with Gasteiger partial charge in [-0.05, 0) is 24.3 Å². The molecule has 88 valence electrons. The van der Waals surface area contributed by atoms with Crippen LogP contribution >= 0.6 is 11.6 Å². The lowest BCUT2D eigenvalue weighted by atomic mass is 10.2. The Morgan fingerprint density at radius 2 is 1.78 bits per heavy atom. The zero-order valence-corrected chi connectivity index (χ0v) is 10.1. The van der Waals surface area contributed by atoms with Crippen molar-refractivity contribution in [3.05, 3.63) is 60.0 Å². The van der Waals surface area contributed by atoms with E-state index in [-0.39, 0.29) is 0 Å². The van der Waals surface area contributed by atoms with Crippen LogP contribution in [0.25, 0.3) is 16.9 Å². The third kappa shape index (κ3) is 1.87. The van der Waals surface area contributed by atoms with Gasteiger partial charge in [0.05, 0.1) is 23.8 Å². The van der Waals surface area contributed by atoms with Crippen molar-refractivity contribution < 1.29 is 0 Å². The van der Waals surface area contributed by atoms with E-state index in [0.29, 0.717) is 5.15 Å². The summed E-state index contributed by atoms with van der Waals surface area (Å²) in [5, 5.41) is 12.3. The molecule has 1 aromatic carbocycles. The molecule has 2 aromatic heterocycles. The maximum absolute atomic E-state index is 6.06. The van der Waals surface area contributed by atoms with Gasteiger partial charge in [-0.1, -0.05) is 29.8 Å². The summed E-state index contributed by atoms with van der Waals surface area (Å²) < 4.78 is 1.82. The van der Waals surface area contributed by atoms with Crippen LogP contribution in [-0.4, -0.2) is 20.0 Å². The molecule has 0 aliphatic heterocycles. The first-order valence-electron chi connectivity index (χ1n) is 5.43. The minimum absolute atomic E-state index is 0.371. The van der Waals surface area contributed by atoms with Crippen LogP contribution in [0, 0.1) is 0 Å². The van der Waals surface area contributed by atoms with E-state index in [9.17, 15) is 0 Å². The Bertz CT molecular complexity index is 664. The summed E-state index contributed by atoms with van der Waals surface area (Å²) in [6, 6.07) is 13.6. The Morgan fingerprint density at radius 1 is 0.944 bits per heavy atom. The predicted molar refractivity (Wildman–Crippen MR) is 69.6 cm³/mol. The van der Waals surface area contributed by atoms with Crippen LogP contribution in [-0.2, 0) is 0 Å². The fourth-order valence-electron chi connectivity index (χ4n) is 1.79. The van der Waals surface area contributed by atoms with E-state index in [0.717, 1.165) is 16.9 Å². The molecule has 2 heterocycles. The van der Waals surface area contributed by atoms with E-state index in [1.807, 2.05) is 47.1 Å². The van der Waals surface area contributed by atoms with E-state index in [1.54, 1.807) is 12.4 Å². The summed E-state index contributed by atoms with van der Waals surface area (Å²) in [6.45, 7) is 0. The van der Waals surface area contributed by atoms with Crippen molar-refractivity contribution in [3.63, 3.8) is 0 Å². The Morgan fingerprint density at radius 3 is 2.56 bits per heavy atom. The van der Waals surface area contributed by atoms with Crippen LogP contribution < -0.4 is 0 Å². The highest BCUT2D eigenvalue weighted by atomic mass is 35.5. The van der Waals surface area contributed by atoms with Gasteiger partial charge in [0.15, 0.2) is 5.15 Å². The van der Waals surface area contributed by atoms with Crippen molar-refractivity contribution in [2.24, 2.45) is 0 Å². The second kappa shape index (κ2) is 4.58. The molecule has 4 nitrogen and oxygen atoms in total. The minimum Gasteiger partial charge on any atom is -0.233 e. The number of aromatic nitrogens is 4. The lowest BCUT2D eigenvalue weighted by Gasteiger charge is -2.07. The van der Waals surface area contributed by atoms with Gasteiger partial charge in [0.2, 0.25) is 0 Å². The van der Waals surface area contributed by atoms with Gasteiger partial charge in [0, 0.05) is 5.56 Å². The van der Waals surface area contributed by atoms with Crippen molar-refractivity contribution in [3.8, 4) is 16.9 Å². The van der Waals surface area contributed by atoms with E-state index < -0.39 is 0 Å². The SMILES string of the molecule is Clc1nnccc1-c1ccnn1-c1ccccc1. The standard InChI is InChI=1S/C13H9ClN4/c14-13-11(6-8-15-17-13)12-7-9-16-18(12)10-4-2-1-3-5-10/h1-9H. The number of hydrogen-bond donors (Lipinski definition) is 0. The molecule has 3 aromatic rings. The van der Waals surface area contributed by atoms with Gasteiger partial charge >= 0.3 is 0 Å². The Labute approximate surface area is 109 Å². The number of para-hydroxylation sites is 1. The smallest absolute Gasteiger partial charge is 0.161 e. The van der Waals surface area contributed by atoms with Crippen LogP contribution in [0.2, 0.25) is 5.15 Å². The molecule has 0 radical (unpaired) electrons. The first kappa shape index (κ1) is 10.9. The van der Waals surface area contributed by atoms with Gasteiger partial charge in [-0.15, -0.1) is 5.10 Å². The quantitative estimate of drug-likeness (QED) is 0.708. The van der Waals surface area contributed by atoms with Gasteiger partial charge in [-0.25, -0.2) is 4.68 Å². The van der Waals surface area contributed by atoms with Gasteiger partial charge in [-0.3, -0.25) is 0 Å². The van der Waals surface area contributed by atoms with E-state index in [1.165, 1.54) is 0 Å². The Kier molecular flexibility index (Phi) is 2.78. The van der Waals surface area contributed by atoms with Crippen molar-refractivity contribution in [1.29, 1.82) is 0 Å². The summed E-state index contributed by atoms with van der Waals surface area (Å²) in [5.41, 5.74) is 2.68. The molecule has 5 heteroatoms. The summed E-state index contributed by atoms with van der Waals surface area (Å²) in [5.74, 6) is 0. The van der Waals surface area contributed by atoms with E-state index in [2.05, 4.69) is 15.3 Å². The highest BCUT2D eigenvalue weighted by molar-refractivity contribution is 6.31. The van der Waals surface area contributed by atoms with Crippen LogP contribution in [0.1, 0.15) is 0 Å². The summed E-state index contributed by atoms with van der Waals surface area (Å²) in [4.78, 5) is 0. The maximum Gasteiger partial charge on any atom is 0.161 e. The predicted octanol–water partition coefficient (Wildman–Crippen LogP) is 2.98. The van der Waals surface area contributed by atoms with Crippen molar-refractivity contribution >= 4 is 11.6 Å². The molecule has 0 aliphatic carbocycles. The zero-order chi connectivity index (χ0) is 12.4. The molecule has 0 aliphatic rings. The van der Waals surface area contributed by atoms with Gasteiger partial charge in [0.1, 0.15) is 0 Å². The normalized spacial score (nSPS) is 10.5. The highest BCUT2D eigenvalue weighted by Gasteiger charge is 2.11. The average molecular weight is 257 g/mol. The monoisotopic (exact) mass is 256 g/mol. The van der Waals surface area contributed by atoms with Crippen molar-refractivity contribution in [1.82, 2.24) is 20.0 Å². The fourth-order valence-corrected chi connectivity index (χ4v) is 1.99. The van der Waals surface area contributed by atoms with Gasteiger partial charge in [0.25, 0.3) is 0 Å². The molecule has 3 rings (SSSR count). The molecular weight excluding hydrogens is 248 g/mol. The summed E-state index contributed by atoms with van der Waals surface area (Å²) in [6.07, 6.45) is 3.35. The summed E-state index contributed by atoms with van der Waals surface area (Å²) >= 11 is 6.06. The fraction of sp³-hybridized carbons (Fsp3) is 0. The second-order valence-electron chi connectivity index (χ2n) is 3.70. The molecule has 0 atom stereocenters. The topological polar surface area (TPSA) is 43.6 Å². The Hall–Kier alpha value is -2.20. The molecule has 0 bridgehead atoms. The molecule has 0 saturated heterocycles. The van der Waals surface area contributed by atoms with Crippen molar-refractivity contribution in [2.45, 2.75) is 0 Å². The average Bonchev–Trinajstić information content (AvgIpc) is 2.89. The second-order valence-corrected chi connectivity index (χ2v) is 4.06. The molecular formula is C13H9ClN4. The van der Waals surface area contributed by atoms with Crippen molar-refractivity contribution in [2.75, 3.05) is 0 Å². The number of nitrogens with zero attached hydrogens (tertiary/aromatic N) is 4. The van der Waals surface area contributed by atoms with Gasteiger partial charge < -0.3 is 0 Å². The highest BCUT2D eigenvalue weighted by Crippen LogP contribution is 2.26. The number of halogens is 1. The maximum atomic E-state index is 6.06. The molecule has 0 unspecified atom stereocenters. The third-order valence-corrected chi connectivity index (χ3v) is 2.87. The van der Waals surface area contributed by atoms with Crippen LogP contribution in [0.4, 0.5) is 0 Å². The lowest BCUT2D eigenvalue weighted by Crippen LogP contribution is -1.99. The first-order chi connectivity index (χ1) is 8.86. The molecule has 0 N–H and O–H groups in total. The Balaban J connectivity index is 2.16. The molecule has 0 saturated carbocycles. The summed E-state index contributed by atoms with van der Waals surface area (Å²) in [7, 11) is 0. The largest absolute Gasteiger partial charge is 0.233 e. The molecule has 0 spiro atoms. The molecule has 18 heavy (non-hydrogen) atoms.